The first-order valence-corrected chi connectivity index (χ1v) is 13.0. The second-order valence-corrected chi connectivity index (χ2v) is 8.99. The number of hydrogen-bond acceptors (Lipinski definition) is 6. The van der Waals surface area contributed by atoms with E-state index in [1.54, 1.807) is 18.2 Å². The molecule has 7 nitrogen and oxygen atoms in total. The zero-order valence-corrected chi connectivity index (χ0v) is 24.1. The summed E-state index contributed by atoms with van der Waals surface area (Å²) in [6.07, 6.45) is 5.80. The zero-order chi connectivity index (χ0) is 29.6. The van der Waals surface area contributed by atoms with Crippen LogP contribution in [0.3, 0.4) is 0 Å². The fourth-order valence-corrected chi connectivity index (χ4v) is 2.67. The van der Waals surface area contributed by atoms with E-state index in [1.165, 1.54) is 17.7 Å². The van der Waals surface area contributed by atoms with Crippen molar-refractivity contribution in [3.05, 3.63) is 100 Å². The Morgan fingerprint density at radius 3 is 1.92 bits per heavy atom. The Balaban J connectivity index is 0. The second kappa shape index (κ2) is 21.9. The molecule has 1 aliphatic carbocycles. The molecule has 1 fully saturated rings. The van der Waals surface area contributed by atoms with E-state index in [0.29, 0.717) is 12.1 Å². The van der Waals surface area contributed by atoms with Crippen molar-refractivity contribution in [1.29, 1.82) is 0 Å². The molecule has 38 heavy (non-hydrogen) atoms. The fraction of sp³-hybridized carbons (Fsp3) is 0.452. The number of nitrogens with one attached hydrogen (secondary N) is 1. The van der Waals surface area contributed by atoms with Gasteiger partial charge in [-0.15, -0.1) is 13.2 Å². The van der Waals surface area contributed by atoms with E-state index in [0.717, 1.165) is 36.7 Å². The topological polar surface area (TPSA) is 113 Å². The number of allylic oxidation sites excluding steroid dienone is 2. The van der Waals surface area contributed by atoms with Gasteiger partial charge in [0.2, 0.25) is 0 Å². The third-order valence-electron chi connectivity index (χ3n) is 5.27. The van der Waals surface area contributed by atoms with Gasteiger partial charge < -0.3 is 15.5 Å². The normalized spacial score (nSPS) is 12.6. The zero-order valence-electron chi connectivity index (χ0n) is 24.1. The summed E-state index contributed by atoms with van der Waals surface area (Å²) >= 11 is 0. The molecule has 7 heteroatoms. The van der Waals surface area contributed by atoms with Crippen LogP contribution in [-0.4, -0.2) is 34.6 Å². The number of carbonyl (C=O) groups excluding carboxylic acids is 1. The van der Waals surface area contributed by atoms with Crippen LogP contribution in [0.25, 0.3) is 0 Å². The van der Waals surface area contributed by atoms with E-state index in [-0.39, 0.29) is 30.4 Å². The highest BCUT2D eigenvalue weighted by atomic mass is 16.6. The summed E-state index contributed by atoms with van der Waals surface area (Å²) in [5.74, 6) is 0. The number of aliphatic hydroxyl groups excluding tert-OH is 2. The van der Waals surface area contributed by atoms with Gasteiger partial charge >= 0.3 is 0 Å². The summed E-state index contributed by atoms with van der Waals surface area (Å²) in [5.41, 5.74) is 3.75. The highest BCUT2D eigenvalue weighted by Gasteiger charge is 2.41. The summed E-state index contributed by atoms with van der Waals surface area (Å²) < 4.78 is 0. The quantitative estimate of drug-likeness (QED) is 0.137. The Kier molecular flexibility index (Phi) is 21.3. The summed E-state index contributed by atoms with van der Waals surface area (Å²) in [5, 5.41) is 30.9. The minimum Gasteiger partial charge on any atom is -0.396 e. The van der Waals surface area contributed by atoms with Gasteiger partial charge in [0.15, 0.2) is 0 Å². The van der Waals surface area contributed by atoms with Crippen LogP contribution >= 0.6 is 0 Å². The van der Waals surface area contributed by atoms with Crippen molar-refractivity contribution < 1.29 is 19.9 Å². The van der Waals surface area contributed by atoms with Crippen molar-refractivity contribution in [1.82, 2.24) is 5.32 Å². The van der Waals surface area contributed by atoms with Gasteiger partial charge in [0.25, 0.3) is 5.69 Å². The van der Waals surface area contributed by atoms with Crippen molar-refractivity contribution in [2.75, 3.05) is 13.2 Å². The Bertz CT molecular complexity index is 928. The Morgan fingerprint density at radius 2 is 1.58 bits per heavy atom. The Labute approximate surface area is 229 Å². The third kappa shape index (κ3) is 16.6. The molecule has 0 bridgehead atoms. The van der Waals surface area contributed by atoms with Gasteiger partial charge in [0.1, 0.15) is 6.29 Å². The monoisotopic (exact) mass is 528 g/mol. The van der Waals surface area contributed by atoms with E-state index >= 15 is 0 Å². The van der Waals surface area contributed by atoms with Gasteiger partial charge in [0.05, 0.1) is 18.1 Å². The number of non-ortho nitro benzene ring substituents is 1. The number of aldehydes is 1. The van der Waals surface area contributed by atoms with Crippen molar-refractivity contribution in [3.63, 3.8) is 0 Å². The molecule has 212 valence electrons. The number of carbonyl (C=O) groups is 1. The van der Waals surface area contributed by atoms with Crippen LogP contribution in [0.2, 0.25) is 0 Å². The van der Waals surface area contributed by atoms with E-state index in [2.05, 4.69) is 25.4 Å². The molecule has 1 aliphatic rings. The second-order valence-electron chi connectivity index (χ2n) is 8.99. The molecule has 0 aliphatic heterocycles. The standard InChI is InChI=1S/C16H16N2O3.C5H10O2.2C4H8.C2H6/c1-12(16-5-3-2-4-14(16)11-19)17-10-13-6-8-15(9-7-13)18(20)21;6-3-5(4-7)1-2-5;1-4(2)3;1-3-4-2;1-2/h2-9,11-12,17H,10H2,1H3;6-7H,1-4H2;1H2,2-3H3;3H,1,4H2,2H3;1-2H3. The molecule has 0 aromatic heterocycles. The first kappa shape index (κ1) is 37.0. The number of benzene rings is 2. The van der Waals surface area contributed by atoms with Crippen LogP contribution in [-0.2, 0) is 6.54 Å². The first-order chi connectivity index (χ1) is 18.1. The van der Waals surface area contributed by atoms with Gasteiger partial charge in [-0.05, 0) is 51.2 Å². The summed E-state index contributed by atoms with van der Waals surface area (Å²) in [6.45, 7) is 19.9. The number of nitro benzene ring substituents is 1. The highest BCUT2D eigenvalue weighted by molar-refractivity contribution is 5.77. The molecule has 2 aromatic rings. The molecule has 0 heterocycles. The van der Waals surface area contributed by atoms with Gasteiger partial charge in [-0.1, -0.05) is 68.8 Å². The molecule has 3 N–H and O–H groups in total. The van der Waals surface area contributed by atoms with E-state index in [1.807, 2.05) is 58.9 Å². The van der Waals surface area contributed by atoms with Crippen LogP contribution < -0.4 is 5.32 Å². The molecule has 2 aromatic carbocycles. The molecule has 0 spiro atoms. The van der Waals surface area contributed by atoms with Crippen LogP contribution in [0.1, 0.15) is 88.3 Å². The van der Waals surface area contributed by atoms with Crippen LogP contribution in [0.15, 0.2) is 73.3 Å². The Hall–Kier alpha value is -3.13. The molecule has 0 saturated heterocycles. The lowest BCUT2D eigenvalue weighted by atomic mass is 10.0. The van der Waals surface area contributed by atoms with Crippen molar-refractivity contribution in [2.24, 2.45) is 5.41 Å². The first-order valence-electron chi connectivity index (χ1n) is 13.0. The van der Waals surface area contributed by atoms with Gasteiger partial charge in [0, 0.05) is 35.7 Å². The maximum atomic E-state index is 11.0. The SMILES string of the molecule is C=C(C)C.C=CCC.CC.CC(NCc1ccc([N+](=O)[O-])cc1)c1ccccc1C=O.OCC1(CO)CC1. The molecular formula is C31H48N2O5. The molecule has 1 atom stereocenters. The molecule has 1 unspecified atom stereocenters. The van der Waals surface area contributed by atoms with Crippen molar-refractivity contribution in [3.8, 4) is 0 Å². The number of hydrogen-bond donors (Lipinski definition) is 3. The van der Waals surface area contributed by atoms with E-state index in [9.17, 15) is 14.9 Å². The van der Waals surface area contributed by atoms with Crippen LogP contribution in [0, 0.1) is 15.5 Å². The number of nitro groups is 1. The average molecular weight is 529 g/mol. The average Bonchev–Trinajstić information content (AvgIpc) is 3.74. The molecule has 0 radical (unpaired) electrons. The lowest BCUT2D eigenvalue weighted by Gasteiger charge is -2.16. The largest absolute Gasteiger partial charge is 0.396 e. The van der Waals surface area contributed by atoms with Crippen molar-refractivity contribution >= 4 is 12.0 Å². The van der Waals surface area contributed by atoms with E-state index in [4.69, 9.17) is 10.2 Å². The van der Waals surface area contributed by atoms with Gasteiger partial charge in [-0.2, -0.15) is 0 Å². The summed E-state index contributed by atoms with van der Waals surface area (Å²) in [6, 6.07) is 13.9. The number of nitrogens with zero attached hydrogens (tertiary/aromatic N) is 1. The van der Waals surface area contributed by atoms with Gasteiger partial charge in [-0.3, -0.25) is 14.9 Å². The number of aliphatic hydroxyl groups is 2. The molecule has 0 amide bonds. The summed E-state index contributed by atoms with van der Waals surface area (Å²) in [7, 11) is 0. The highest BCUT2D eigenvalue weighted by Crippen LogP contribution is 2.44. The maximum absolute atomic E-state index is 11.0. The smallest absolute Gasteiger partial charge is 0.269 e. The lowest BCUT2D eigenvalue weighted by Crippen LogP contribution is -2.19. The molecular weight excluding hydrogens is 480 g/mol. The van der Waals surface area contributed by atoms with Crippen molar-refractivity contribution in [2.45, 2.75) is 73.4 Å². The summed E-state index contributed by atoms with van der Waals surface area (Å²) in [4.78, 5) is 21.2. The lowest BCUT2D eigenvalue weighted by molar-refractivity contribution is -0.384. The minimum atomic E-state index is -0.417. The molecule has 3 rings (SSSR count). The van der Waals surface area contributed by atoms with Gasteiger partial charge in [-0.25, -0.2) is 0 Å². The fourth-order valence-electron chi connectivity index (χ4n) is 2.67. The predicted molar refractivity (Wildman–Crippen MR) is 158 cm³/mol. The Morgan fingerprint density at radius 1 is 1.11 bits per heavy atom. The minimum absolute atomic E-state index is 0.0154. The van der Waals surface area contributed by atoms with Crippen LogP contribution in [0.4, 0.5) is 5.69 Å². The number of rotatable bonds is 9. The predicted octanol–water partition coefficient (Wildman–Crippen LogP) is 7.20. The van der Waals surface area contributed by atoms with Crippen LogP contribution in [0.5, 0.6) is 0 Å². The third-order valence-corrected chi connectivity index (χ3v) is 5.27. The van der Waals surface area contributed by atoms with E-state index < -0.39 is 4.92 Å². The maximum Gasteiger partial charge on any atom is 0.269 e. The molecule has 1 saturated carbocycles.